The molecule has 100 valence electrons. The summed E-state index contributed by atoms with van der Waals surface area (Å²) in [6.45, 7) is 4.24. The molecule has 0 aliphatic carbocycles. The van der Waals surface area contributed by atoms with Gasteiger partial charge >= 0.3 is 6.01 Å². The van der Waals surface area contributed by atoms with E-state index in [1.54, 1.807) is 7.05 Å². The molecular formula is C11H19N5O2. The van der Waals surface area contributed by atoms with Crippen LogP contribution in [0.15, 0.2) is 0 Å². The van der Waals surface area contributed by atoms with Crippen LogP contribution in [0, 0.1) is 5.92 Å². The minimum Gasteiger partial charge on any atom is -0.464 e. The smallest absolute Gasteiger partial charge is 0.323 e. The van der Waals surface area contributed by atoms with Gasteiger partial charge in [0.05, 0.1) is 6.61 Å². The zero-order valence-electron chi connectivity index (χ0n) is 10.8. The van der Waals surface area contributed by atoms with Gasteiger partial charge in [0, 0.05) is 32.7 Å². The highest BCUT2D eigenvalue weighted by molar-refractivity contribution is 5.39. The number of rotatable bonds is 5. The van der Waals surface area contributed by atoms with Gasteiger partial charge in [-0.2, -0.15) is 15.0 Å². The van der Waals surface area contributed by atoms with Gasteiger partial charge in [-0.25, -0.2) is 0 Å². The maximum atomic E-state index is 9.15. The Labute approximate surface area is 106 Å². The monoisotopic (exact) mass is 253 g/mol. The van der Waals surface area contributed by atoms with Crippen LogP contribution in [0.5, 0.6) is 6.01 Å². The first-order valence-electron chi connectivity index (χ1n) is 6.19. The van der Waals surface area contributed by atoms with E-state index < -0.39 is 0 Å². The normalized spacial score (nSPS) is 19.1. The zero-order valence-corrected chi connectivity index (χ0v) is 10.8. The summed E-state index contributed by atoms with van der Waals surface area (Å²) < 4.78 is 5.32. The van der Waals surface area contributed by atoms with Gasteiger partial charge in [-0.15, -0.1) is 0 Å². The molecule has 1 fully saturated rings. The molecule has 0 bridgehead atoms. The molecule has 1 aliphatic heterocycles. The van der Waals surface area contributed by atoms with E-state index in [0.29, 0.717) is 30.4 Å². The van der Waals surface area contributed by atoms with E-state index in [1.807, 2.05) is 11.8 Å². The largest absolute Gasteiger partial charge is 0.464 e. The summed E-state index contributed by atoms with van der Waals surface area (Å²) in [5, 5.41) is 12.0. The number of nitrogens with one attached hydrogen (secondary N) is 1. The zero-order chi connectivity index (χ0) is 13.0. The fraction of sp³-hybridized carbons (Fsp3) is 0.727. The van der Waals surface area contributed by atoms with Crippen molar-refractivity contribution in [3.05, 3.63) is 0 Å². The van der Waals surface area contributed by atoms with E-state index in [0.717, 1.165) is 19.5 Å². The number of hydrogen-bond acceptors (Lipinski definition) is 7. The lowest BCUT2D eigenvalue weighted by Gasteiger charge is -2.17. The maximum Gasteiger partial charge on any atom is 0.323 e. The van der Waals surface area contributed by atoms with Gasteiger partial charge in [0.15, 0.2) is 0 Å². The molecule has 7 nitrogen and oxygen atoms in total. The fourth-order valence-electron chi connectivity index (χ4n) is 1.96. The number of anilines is 2. The van der Waals surface area contributed by atoms with Crippen molar-refractivity contribution in [1.29, 1.82) is 0 Å². The first kappa shape index (κ1) is 12.8. The summed E-state index contributed by atoms with van der Waals surface area (Å²) in [5.41, 5.74) is 0. The Morgan fingerprint density at radius 1 is 1.44 bits per heavy atom. The minimum atomic E-state index is 0.207. The minimum absolute atomic E-state index is 0.207. The van der Waals surface area contributed by atoms with Crippen molar-refractivity contribution >= 4 is 11.9 Å². The van der Waals surface area contributed by atoms with Gasteiger partial charge in [0.1, 0.15) is 0 Å². The molecule has 1 aromatic heterocycles. The first-order chi connectivity index (χ1) is 8.76. The quantitative estimate of drug-likeness (QED) is 0.771. The summed E-state index contributed by atoms with van der Waals surface area (Å²) in [6.07, 6.45) is 0.959. The number of aliphatic hydroxyl groups is 1. The van der Waals surface area contributed by atoms with Gasteiger partial charge in [-0.05, 0) is 13.3 Å². The van der Waals surface area contributed by atoms with Crippen molar-refractivity contribution < 1.29 is 9.84 Å². The Morgan fingerprint density at radius 3 is 2.89 bits per heavy atom. The van der Waals surface area contributed by atoms with Crippen molar-refractivity contribution in [2.24, 2.45) is 5.92 Å². The van der Waals surface area contributed by atoms with E-state index in [-0.39, 0.29) is 6.61 Å². The second-order valence-corrected chi connectivity index (χ2v) is 4.21. The molecule has 0 spiro atoms. The summed E-state index contributed by atoms with van der Waals surface area (Å²) in [6, 6.07) is 0.333. The van der Waals surface area contributed by atoms with Crippen LogP contribution in [0.3, 0.4) is 0 Å². The Bertz CT molecular complexity index is 401. The summed E-state index contributed by atoms with van der Waals surface area (Å²) in [7, 11) is 1.76. The van der Waals surface area contributed by atoms with E-state index in [9.17, 15) is 0 Å². The second-order valence-electron chi connectivity index (χ2n) is 4.21. The Balaban J connectivity index is 2.18. The highest BCUT2D eigenvalue weighted by atomic mass is 16.5. The summed E-state index contributed by atoms with van der Waals surface area (Å²) >= 11 is 0. The molecule has 0 radical (unpaired) electrons. The van der Waals surface area contributed by atoms with Crippen LogP contribution in [0.4, 0.5) is 11.9 Å². The third-order valence-electron chi connectivity index (χ3n) is 2.93. The average molecular weight is 253 g/mol. The van der Waals surface area contributed by atoms with Crippen LogP contribution in [-0.4, -0.2) is 53.4 Å². The van der Waals surface area contributed by atoms with Crippen LogP contribution in [0.25, 0.3) is 0 Å². The summed E-state index contributed by atoms with van der Waals surface area (Å²) in [4.78, 5) is 14.8. The second kappa shape index (κ2) is 5.81. The molecule has 1 aliphatic rings. The molecule has 0 amide bonds. The van der Waals surface area contributed by atoms with Crippen molar-refractivity contribution in [3.8, 4) is 6.01 Å². The molecule has 0 aromatic carbocycles. The van der Waals surface area contributed by atoms with Crippen LogP contribution in [0.2, 0.25) is 0 Å². The lowest BCUT2D eigenvalue weighted by molar-refractivity contribution is 0.238. The number of hydrogen-bond donors (Lipinski definition) is 2. The number of ether oxygens (including phenoxy) is 1. The molecule has 1 saturated heterocycles. The van der Waals surface area contributed by atoms with Gasteiger partial charge in [-0.1, -0.05) is 0 Å². The topological polar surface area (TPSA) is 83.4 Å². The molecule has 0 saturated carbocycles. The van der Waals surface area contributed by atoms with Gasteiger partial charge in [0.2, 0.25) is 11.9 Å². The van der Waals surface area contributed by atoms with Gasteiger partial charge in [0.25, 0.3) is 0 Å². The predicted molar refractivity (Wildman–Crippen MR) is 67.9 cm³/mol. The maximum absolute atomic E-state index is 9.15. The standard InChI is InChI=1S/C11H19N5O2/c1-3-18-11-14-9(12-2)13-10(15-11)16-5-4-8(6-16)7-17/h8,17H,3-7H2,1-2H3,(H,12,13,14,15). The fourth-order valence-corrected chi connectivity index (χ4v) is 1.96. The molecule has 2 N–H and O–H groups in total. The first-order valence-corrected chi connectivity index (χ1v) is 6.19. The Kier molecular flexibility index (Phi) is 4.14. The van der Waals surface area contributed by atoms with Crippen molar-refractivity contribution in [2.75, 3.05) is 43.6 Å². The van der Waals surface area contributed by atoms with Crippen molar-refractivity contribution in [3.63, 3.8) is 0 Å². The van der Waals surface area contributed by atoms with E-state index in [1.165, 1.54) is 0 Å². The summed E-state index contributed by atoms with van der Waals surface area (Å²) in [5.74, 6) is 1.40. The molecule has 2 heterocycles. The van der Waals surface area contributed by atoms with E-state index in [2.05, 4.69) is 20.3 Å². The highest BCUT2D eigenvalue weighted by Crippen LogP contribution is 2.22. The third-order valence-corrected chi connectivity index (χ3v) is 2.93. The lowest BCUT2D eigenvalue weighted by Crippen LogP contribution is -2.23. The average Bonchev–Trinajstić information content (AvgIpc) is 2.87. The van der Waals surface area contributed by atoms with Crippen LogP contribution < -0.4 is 15.0 Å². The molecule has 2 rings (SSSR count). The Hall–Kier alpha value is -1.63. The van der Waals surface area contributed by atoms with Crippen LogP contribution in [-0.2, 0) is 0 Å². The van der Waals surface area contributed by atoms with Gasteiger partial charge < -0.3 is 20.1 Å². The lowest BCUT2D eigenvalue weighted by atomic mass is 10.1. The molecule has 1 unspecified atom stereocenters. The van der Waals surface area contributed by atoms with Crippen LogP contribution >= 0.6 is 0 Å². The number of aliphatic hydroxyl groups excluding tert-OH is 1. The SMILES string of the molecule is CCOc1nc(NC)nc(N2CCC(CO)C2)n1. The Morgan fingerprint density at radius 2 is 2.28 bits per heavy atom. The highest BCUT2D eigenvalue weighted by Gasteiger charge is 2.24. The predicted octanol–water partition coefficient (Wildman–Crippen LogP) is 0.131. The molecule has 1 aromatic rings. The third kappa shape index (κ3) is 2.79. The van der Waals surface area contributed by atoms with Gasteiger partial charge in [-0.3, -0.25) is 0 Å². The number of nitrogens with zero attached hydrogens (tertiary/aromatic N) is 4. The molecular weight excluding hydrogens is 234 g/mol. The van der Waals surface area contributed by atoms with E-state index in [4.69, 9.17) is 9.84 Å². The molecule has 1 atom stereocenters. The van der Waals surface area contributed by atoms with Crippen molar-refractivity contribution in [1.82, 2.24) is 15.0 Å². The number of aromatic nitrogens is 3. The van der Waals surface area contributed by atoms with E-state index >= 15 is 0 Å². The van der Waals surface area contributed by atoms with Crippen molar-refractivity contribution in [2.45, 2.75) is 13.3 Å². The molecule has 18 heavy (non-hydrogen) atoms. The van der Waals surface area contributed by atoms with Crippen LogP contribution in [0.1, 0.15) is 13.3 Å². The molecule has 7 heteroatoms.